The van der Waals surface area contributed by atoms with Crippen LogP contribution in [0.1, 0.15) is 219 Å². The van der Waals surface area contributed by atoms with E-state index in [0.29, 0.717) is 12.8 Å². The molecule has 0 aromatic carbocycles. The van der Waals surface area contributed by atoms with Crippen molar-refractivity contribution in [3.05, 3.63) is 231 Å². The Hall–Kier alpha value is -6.04. The molecule has 0 rings (SSSR count). The first-order chi connectivity index (χ1) is 40.6. The number of rotatable bonds is 55. The number of ether oxygens (including phenoxy) is 2. The molecule has 0 spiro atoms. The summed E-state index contributed by atoms with van der Waals surface area (Å²) in [6.45, 7) is 3.85. The molecular weight excluding hydrogens is 1000 g/mol. The van der Waals surface area contributed by atoms with E-state index in [0.717, 1.165) is 161 Å². The van der Waals surface area contributed by atoms with Crippen molar-refractivity contribution in [2.24, 2.45) is 0 Å². The van der Waals surface area contributed by atoms with E-state index in [2.05, 4.69) is 245 Å². The van der Waals surface area contributed by atoms with Crippen LogP contribution < -0.4 is 0 Å². The molecule has 0 aliphatic carbocycles. The molecule has 5 heteroatoms. The predicted octanol–water partition coefficient (Wildman–Crippen LogP) is 22.5. The SMILES string of the molecule is CC/C=C\C/C=C\C/C=C\C/C=C\C/C=C\C/C=C\C/C=C\C/C=C\C/C=C\C/C=C\CCCCC(=O)OC(CO)COC(=O)CCCCCCCCC/C=C\C/C=C\C/C=C\C/C=C\C/C=C\C/C=C\C/C=C\C/C=C\C/C=C\CC. The molecule has 0 radical (unpaired) electrons. The second kappa shape index (κ2) is 69.2. The maximum absolute atomic E-state index is 12.3. The number of carbonyl (C=O) groups excluding carboxylic acids is 2. The van der Waals surface area contributed by atoms with Gasteiger partial charge in [-0.2, -0.15) is 0 Å². The zero-order valence-electron chi connectivity index (χ0n) is 51.6. The van der Waals surface area contributed by atoms with Crippen molar-refractivity contribution in [3.8, 4) is 0 Å². The van der Waals surface area contributed by atoms with Crippen molar-refractivity contribution in [1.82, 2.24) is 0 Å². The van der Waals surface area contributed by atoms with Gasteiger partial charge in [0.1, 0.15) is 6.61 Å². The third-order valence-corrected chi connectivity index (χ3v) is 12.5. The molecule has 0 fully saturated rings. The lowest BCUT2D eigenvalue weighted by molar-refractivity contribution is -0.161. The number of esters is 2. The lowest BCUT2D eigenvalue weighted by Crippen LogP contribution is -2.28. The van der Waals surface area contributed by atoms with Crippen molar-refractivity contribution in [2.75, 3.05) is 13.2 Å². The number of aliphatic hydroxyl groups is 1. The molecule has 0 aromatic heterocycles. The van der Waals surface area contributed by atoms with Gasteiger partial charge in [0.15, 0.2) is 6.10 Å². The van der Waals surface area contributed by atoms with E-state index in [4.69, 9.17) is 9.47 Å². The number of allylic oxidation sites excluding steroid dienone is 38. The lowest BCUT2D eigenvalue weighted by Gasteiger charge is -2.15. The molecule has 0 saturated carbocycles. The maximum atomic E-state index is 12.3. The first-order valence-electron chi connectivity index (χ1n) is 31.9. The van der Waals surface area contributed by atoms with Gasteiger partial charge in [-0.25, -0.2) is 0 Å². The molecule has 452 valence electrons. The van der Waals surface area contributed by atoms with E-state index in [1.54, 1.807) is 0 Å². The highest BCUT2D eigenvalue weighted by Gasteiger charge is 2.16. The average Bonchev–Trinajstić information content (AvgIpc) is 3.49. The third-order valence-electron chi connectivity index (χ3n) is 12.5. The summed E-state index contributed by atoms with van der Waals surface area (Å²) in [5.74, 6) is -0.675. The van der Waals surface area contributed by atoms with Crippen molar-refractivity contribution < 1.29 is 24.2 Å². The highest BCUT2D eigenvalue weighted by Crippen LogP contribution is 2.12. The Kier molecular flexibility index (Phi) is 64.1. The van der Waals surface area contributed by atoms with Crippen molar-refractivity contribution >= 4 is 11.9 Å². The van der Waals surface area contributed by atoms with Crippen LogP contribution in [-0.2, 0) is 19.1 Å². The van der Waals surface area contributed by atoms with Crippen LogP contribution in [0.3, 0.4) is 0 Å². The number of carbonyl (C=O) groups is 2. The minimum atomic E-state index is -0.822. The maximum Gasteiger partial charge on any atom is 0.306 e. The summed E-state index contributed by atoms with van der Waals surface area (Å²) in [7, 11) is 0. The highest BCUT2D eigenvalue weighted by molar-refractivity contribution is 5.70. The molecule has 1 unspecified atom stereocenters. The predicted molar refractivity (Wildman–Crippen MR) is 361 cm³/mol. The van der Waals surface area contributed by atoms with Crippen LogP contribution in [0.25, 0.3) is 0 Å². The van der Waals surface area contributed by atoms with Crippen LogP contribution in [0, 0.1) is 0 Å². The molecule has 1 atom stereocenters. The van der Waals surface area contributed by atoms with Crippen LogP contribution in [0.4, 0.5) is 0 Å². The van der Waals surface area contributed by atoms with Crippen LogP contribution >= 0.6 is 0 Å². The van der Waals surface area contributed by atoms with E-state index < -0.39 is 6.10 Å². The fraction of sp³-hybridized carbons (Fsp3) is 0.481. The van der Waals surface area contributed by atoms with Crippen LogP contribution in [-0.4, -0.2) is 36.4 Å². The van der Waals surface area contributed by atoms with E-state index in [9.17, 15) is 14.7 Å². The minimum Gasteiger partial charge on any atom is -0.462 e. The van der Waals surface area contributed by atoms with E-state index >= 15 is 0 Å². The quantitative estimate of drug-likeness (QED) is 0.0373. The Morgan fingerprint density at radius 1 is 0.280 bits per heavy atom. The molecule has 0 aliphatic heterocycles. The highest BCUT2D eigenvalue weighted by atomic mass is 16.6. The normalized spacial score (nSPS) is 13.8. The minimum absolute atomic E-state index is 0.107. The van der Waals surface area contributed by atoms with Gasteiger partial charge in [0, 0.05) is 12.8 Å². The van der Waals surface area contributed by atoms with Gasteiger partial charge >= 0.3 is 11.9 Å². The third kappa shape index (κ3) is 66.5. The Morgan fingerprint density at radius 3 is 0.756 bits per heavy atom. The number of unbranched alkanes of at least 4 members (excludes halogenated alkanes) is 9. The first-order valence-corrected chi connectivity index (χ1v) is 31.9. The summed E-state index contributed by atoms with van der Waals surface area (Å²) in [6, 6.07) is 0. The summed E-state index contributed by atoms with van der Waals surface area (Å²) in [4.78, 5) is 24.6. The Bertz CT molecular complexity index is 2040. The Balaban J connectivity index is 3.72. The van der Waals surface area contributed by atoms with E-state index in [-0.39, 0.29) is 31.6 Å². The summed E-state index contributed by atoms with van der Waals surface area (Å²) in [5, 5.41) is 9.68. The monoisotopic (exact) mass is 1120 g/mol. The van der Waals surface area contributed by atoms with Crippen molar-refractivity contribution in [1.29, 1.82) is 0 Å². The largest absolute Gasteiger partial charge is 0.462 e. The fourth-order valence-electron chi connectivity index (χ4n) is 7.75. The number of hydrogen-bond acceptors (Lipinski definition) is 5. The standard InChI is InChI=1S/C77H114O5/c1-3-5-7-9-11-13-15-17-19-21-23-25-27-29-31-33-35-37-38-40-41-43-45-47-49-51-53-55-57-59-61-63-65-67-69-71-76(79)81-74-75(73-78)82-77(80)72-70-68-66-64-62-60-58-56-54-52-50-48-46-44-42-39-36-34-32-30-28-26-24-22-20-18-16-14-12-10-8-6-4-2/h5-8,11-14,17-20,23-26,29-32,35-37,39-41,44-47,50-53,56,58,62,64,75,78H,3-4,9-10,15-16,21-22,27-28,33-34,38,42-43,48-49,54-55,57,59-61,63,65-74H2,1-2H3/b7-5-,8-6-,13-11-,14-12-,19-17-,20-18-,25-23-,26-24-,31-29-,32-30-,37-35-,39-36-,41-40-,46-44-,47-45-,52-50-,53-51-,58-56-,64-62-. The summed E-state index contributed by atoms with van der Waals surface area (Å²) < 4.78 is 10.7. The summed E-state index contributed by atoms with van der Waals surface area (Å²) in [6.07, 6.45) is 115. The molecule has 5 nitrogen and oxygen atoms in total. The second-order valence-corrected chi connectivity index (χ2v) is 20.0. The van der Waals surface area contributed by atoms with Crippen LogP contribution in [0.2, 0.25) is 0 Å². The molecule has 0 aliphatic rings. The smallest absolute Gasteiger partial charge is 0.306 e. The van der Waals surface area contributed by atoms with Gasteiger partial charge in [0.05, 0.1) is 6.61 Å². The van der Waals surface area contributed by atoms with Crippen molar-refractivity contribution in [2.45, 2.75) is 225 Å². The first kappa shape index (κ1) is 76.0. The number of aliphatic hydroxyl groups excluding tert-OH is 1. The van der Waals surface area contributed by atoms with Gasteiger partial charge in [-0.3, -0.25) is 9.59 Å². The Morgan fingerprint density at radius 2 is 0.488 bits per heavy atom. The molecule has 82 heavy (non-hydrogen) atoms. The van der Waals surface area contributed by atoms with E-state index in [1.807, 2.05) is 0 Å². The fourth-order valence-corrected chi connectivity index (χ4v) is 7.75. The average molecular weight is 1120 g/mol. The molecule has 0 saturated heterocycles. The zero-order chi connectivity index (χ0) is 59.1. The molecule has 0 aromatic rings. The number of hydrogen-bond donors (Lipinski definition) is 1. The lowest BCUT2D eigenvalue weighted by atomic mass is 10.1. The van der Waals surface area contributed by atoms with Gasteiger partial charge in [-0.15, -0.1) is 0 Å². The summed E-state index contributed by atoms with van der Waals surface area (Å²) >= 11 is 0. The van der Waals surface area contributed by atoms with Gasteiger partial charge in [0.25, 0.3) is 0 Å². The molecule has 0 amide bonds. The van der Waals surface area contributed by atoms with Gasteiger partial charge in [-0.05, 0) is 161 Å². The molecule has 0 heterocycles. The van der Waals surface area contributed by atoms with Crippen molar-refractivity contribution in [3.63, 3.8) is 0 Å². The molecular formula is C77H114O5. The topological polar surface area (TPSA) is 72.8 Å². The van der Waals surface area contributed by atoms with Crippen LogP contribution in [0.5, 0.6) is 0 Å². The zero-order valence-corrected chi connectivity index (χ0v) is 51.6. The summed E-state index contributed by atoms with van der Waals surface area (Å²) in [5.41, 5.74) is 0. The van der Waals surface area contributed by atoms with Gasteiger partial charge in [-0.1, -0.05) is 277 Å². The van der Waals surface area contributed by atoms with Gasteiger partial charge in [0.2, 0.25) is 0 Å². The second-order valence-electron chi connectivity index (χ2n) is 20.0. The van der Waals surface area contributed by atoms with Gasteiger partial charge < -0.3 is 14.6 Å². The van der Waals surface area contributed by atoms with E-state index in [1.165, 1.54) is 25.7 Å². The molecule has 1 N–H and O–H groups in total. The Labute approximate surface area is 503 Å². The van der Waals surface area contributed by atoms with Crippen LogP contribution in [0.15, 0.2) is 231 Å². The molecule has 0 bridgehead atoms.